The van der Waals surface area contributed by atoms with Gasteiger partial charge < -0.3 is 9.73 Å². The van der Waals surface area contributed by atoms with Gasteiger partial charge in [0.15, 0.2) is 0 Å². The second-order valence-corrected chi connectivity index (χ2v) is 4.91. The van der Waals surface area contributed by atoms with E-state index in [1.165, 1.54) is 6.07 Å². The van der Waals surface area contributed by atoms with Gasteiger partial charge >= 0.3 is 0 Å². The zero-order chi connectivity index (χ0) is 13.1. The van der Waals surface area contributed by atoms with Crippen molar-refractivity contribution in [3.63, 3.8) is 0 Å². The van der Waals surface area contributed by atoms with Crippen LogP contribution in [0.3, 0.4) is 0 Å². The maximum Gasteiger partial charge on any atom is 0.137 e. The standard InChI is InChI=1S/C14H15BrFNO/c1-3-10-5-7-13(18-10)14(17-2)9-4-6-12(16)11(15)8-9/h4-8,14,17H,3H2,1-2H3. The number of hydrogen-bond donors (Lipinski definition) is 1. The van der Waals surface area contributed by atoms with Crippen LogP contribution in [-0.4, -0.2) is 7.05 Å². The number of aryl methyl sites for hydroxylation is 1. The van der Waals surface area contributed by atoms with Crippen LogP contribution in [0.2, 0.25) is 0 Å². The summed E-state index contributed by atoms with van der Waals surface area (Å²) in [5, 5.41) is 3.18. The first-order chi connectivity index (χ1) is 8.65. The number of benzene rings is 1. The normalized spacial score (nSPS) is 12.7. The number of rotatable bonds is 4. The van der Waals surface area contributed by atoms with E-state index in [9.17, 15) is 4.39 Å². The van der Waals surface area contributed by atoms with Gasteiger partial charge in [0.2, 0.25) is 0 Å². The Morgan fingerprint density at radius 1 is 1.33 bits per heavy atom. The van der Waals surface area contributed by atoms with Crippen LogP contribution >= 0.6 is 15.9 Å². The molecule has 0 aliphatic heterocycles. The molecule has 2 aromatic rings. The molecule has 1 atom stereocenters. The Kier molecular flexibility index (Phi) is 4.19. The Morgan fingerprint density at radius 2 is 2.11 bits per heavy atom. The molecule has 1 aromatic heterocycles. The smallest absolute Gasteiger partial charge is 0.137 e. The molecule has 0 aliphatic carbocycles. The van der Waals surface area contributed by atoms with Gasteiger partial charge in [-0.15, -0.1) is 0 Å². The average molecular weight is 312 g/mol. The van der Waals surface area contributed by atoms with Crippen molar-refractivity contribution in [1.82, 2.24) is 5.32 Å². The fourth-order valence-electron chi connectivity index (χ4n) is 1.90. The Balaban J connectivity index is 2.35. The SMILES string of the molecule is CCc1ccc(C(NC)c2ccc(F)c(Br)c2)o1. The lowest BCUT2D eigenvalue weighted by atomic mass is 10.0. The van der Waals surface area contributed by atoms with E-state index in [1.54, 1.807) is 12.1 Å². The van der Waals surface area contributed by atoms with Crippen molar-refractivity contribution in [2.75, 3.05) is 7.05 Å². The van der Waals surface area contributed by atoms with Gasteiger partial charge in [0.05, 0.1) is 10.5 Å². The van der Waals surface area contributed by atoms with Gasteiger partial charge in [-0.25, -0.2) is 4.39 Å². The van der Waals surface area contributed by atoms with Gasteiger partial charge in [-0.05, 0) is 52.8 Å². The molecule has 0 aliphatic rings. The molecule has 1 heterocycles. The molecule has 1 unspecified atom stereocenters. The van der Waals surface area contributed by atoms with E-state index in [0.29, 0.717) is 4.47 Å². The van der Waals surface area contributed by atoms with Crippen LogP contribution in [0.15, 0.2) is 39.2 Å². The number of hydrogen-bond acceptors (Lipinski definition) is 2. The minimum atomic E-state index is -0.262. The number of nitrogens with one attached hydrogen (secondary N) is 1. The highest BCUT2D eigenvalue weighted by Crippen LogP contribution is 2.27. The molecule has 0 spiro atoms. The summed E-state index contributed by atoms with van der Waals surface area (Å²) in [4.78, 5) is 0. The molecule has 96 valence electrons. The third-order valence-corrected chi connectivity index (χ3v) is 3.49. The second-order valence-electron chi connectivity index (χ2n) is 4.05. The molecule has 0 fully saturated rings. The maximum absolute atomic E-state index is 13.2. The molecule has 0 bridgehead atoms. The molecule has 1 aromatic carbocycles. The zero-order valence-electron chi connectivity index (χ0n) is 10.3. The van der Waals surface area contributed by atoms with E-state index < -0.39 is 0 Å². The third kappa shape index (κ3) is 2.65. The molecule has 0 saturated heterocycles. The van der Waals surface area contributed by atoms with Crippen LogP contribution in [0.4, 0.5) is 4.39 Å². The van der Waals surface area contributed by atoms with Gasteiger partial charge in [-0.1, -0.05) is 13.0 Å². The van der Waals surface area contributed by atoms with Gasteiger partial charge in [0, 0.05) is 6.42 Å². The molecule has 0 saturated carbocycles. The highest BCUT2D eigenvalue weighted by atomic mass is 79.9. The summed E-state index contributed by atoms with van der Waals surface area (Å²) in [6.07, 6.45) is 0.865. The fraction of sp³-hybridized carbons (Fsp3) is 0.286. The lowest BCUT2D eigenvalue weighted by molar-refractivity contribution is 0.433. The van der Waals surface area contributed by atoms with Gasteiger partial charge in [0.1, 0.15) is 17.3 Å². The van der Waals surface area contributed by atoms with E-state index in [4.69, 9.17) is 4.42 Å². The maximum atomic E-state index is 13.2. The van der Waals surface area contributed by atoms with Crippen molar-refractivity contribution in [2.45, 2.75) is 19.4 Å². The Bertz CT molecular complexity index is 538. The second kappa shape index (κ2) is 5.67. The zero-order valence-corrected chi connectivity index (χ0v) is 11.9. The van der Waals surface area contributed by atoms with E-state index in [1.807, 2.05) is 26.1 Å². The van der Waals surface area contributed by atoms with Crippen molar-refractivity contribution in [2.24, 2.45) is 0 Å². The molecule has 18 heavy (non-hydrogen) atoms. The summed E-state index contributed by atoms with van der Waals surface area (Å²) >= 11 is 3.20. The van der Waals surface area contributed by atoms with Crippen molar-refractivity contribution < 1.29 is 8.81 Å². The first-order valence-electron chi connectivity index (χ1n) is 5.86. The summed E-state index contributed by atoms with van der Waals surface area (Å²) in [6, 6.07) is 8.84. The van der Waals surface area contributed by atoms with Crippen molar-refractivity contribution in [1.29, 1.82) is 0 Å². The highest BCUT2D eigenvalue weighted by molar-refractivity contribution is 9.10. The van der Waals surface area contributed by atoms with E-state index in [2.05, 4.69) is 21.2 Å². The molecule has 0 amide bonds. The monoisotopic (exact) mass is 311 g/mol. The van der Waals surface area contributed by atoms with Crippen molar-refractivity contribution in [3.05, 3.63) is 57.7 Å². The van der Waals surface area contributed by atoms with Gasteiger partial charge in [0.25, 0.3) is 0 Å². The molecule has 2 rings (SSSR count). The Morgan fingerprint density at radius 3 is 2.67 bits per heavy atom. The largest absolute Gasteiger partial charge is 0.464 e. The highest BCUT2D eigenvalue weighted by Gasteiger charge is 2.16. The Labute approximate surface area is 114 Å². The van der Waals surface area contributed by atoms with Gasteiger partial charge in [-0.2, -0.15) is 0 Å². The van der Waals surface area contributed by atoms with E-state index in [-0.39, 0.29) is 11.9 Å². The predicted octanol–water partition coefficient (Wildman–Crippen LogP) is 4.05. The summed E-state index contributed by atoms with van der Waals surface area (Å²) in [5.74, 6) is 1.53. The number of halogens is 2. The van der Waals surface area contributed by atoms with Crippen molar-refractivity contribution in [3.8, 4) is 0 Å². The summed E-state index contributed by atoms with van der Waals surface area (Å²) in [5.41, 5.74) is 0.961. The predicted molar refractivity (Wildman–Crippen MR) is 73.1 cm³/mol. The van der Waals surface area contributed by atoms with Crippen LogP contribution in [-0.2, 0) is 6.42 Å². The lowest BCUT2D eigenvalue weighted by Crippen LogP contribution is -2.17. The topological polar surface area (TPSA) is 25.2 Å². The number of furan rings is 1. The summed E-state index contributed by atoms with van der Waals surface area (Å²) < 4.78 is 19.4. The molecular formula is C14H15BrFNO. The van der Waals surface area contributed by atoms with Crippen LogP contribution in [0.25, 0.3) is 0 Å². The molecule has 0 radical (unpaired) electrons. The average Bonchev–Trinajstić information content (AvgIpc) is 2.83. The molecule has 1 N–H and O–H groups in total. The van der Waals surface area contributed by atoms with Gasteiger partial charge in [-0.3, -0.25) is 0 Å². The molecule has 2 nitrogen and oxygen atoms in total. The van der Waals surface area contributed by atoms with Crippen LogP contribution in [0.1, 0.15) is 30.0 Å². The molecule has 4 heteroatoms. The minimum Gasteiger partial charge on any atom is -0.464 e. The Hall–Kier alpha value is -1.13. The first kappa shape index (κ1) is 13.3. The lowest BCUT2D eigenvalue weighted by Gasteiger charge is -2.14. The van der Waals surface area contributed by atoms with Crippen LogP contribution < -0.4 is 5.32 Å². The van der Waals surface area contributed by atoms with Crippen molar-refractivity contribution >= 4 is 15.9 Å². The fourth-order valence-corrected chi connectivity index (χ4v) is 2.30. The summed E-state index contributed by atoms with van der Waals surface area (Å²) in [6.45, 7) is 2.05. The van der Waals surface area contributed by atoms with Crippen LogP contribution in [0, 0.1) is 5.82 Å². The van der Waals surface area contributed by atoms with E-state index >= 15 is 0 Å². The van der Waals surface area contributed by atoms with E-state index in [0.717, 1.165) is 23.5 Å². The quantitative estimate of drug-likeness (QED) is 0.921. The first-order valence-corrected chi connectivity index (χ1v) is 6.65. The minimum absolute atomic E-state index is 0.0674. The van der Waals surface area contributed by atoms with Crippen LogP contribution in [0.5, 0.6) is 0 Å². The third-order valence-electron chi connectivity index (χ3n) is 2.88. The molecular weight excluding hydrogens is 297 g/mol. The summed E-state index contributed by atoms with van der Waals surface area (Å²) in [7, 11) is 1.86.